The molecule has 1 fully saturated rings. The highest BCUT2D eigenvalue weighted by molar-refractivity contribution is 7.10. The molecule has 1 aliphatic rings. The summed E-state index contributed by atoms with van der Waals surface area (Å²) in [5.41, 5.74) is 6.17. The first-order valence-corrected chi connectivity index (χ1v) is 7.90. The van der Waals surface area contributed by atoms with Crippen LogP contribution in [0.4, 0.5) is 0 Å². The molecule has 21 heavy (non-hydrogen) atoms. The van der Waals surface area contributed by atoms with E-state index in [1.54, 1.807) is 17.4 Å². The maximum Gasteiger partial charge on any atom is 0.328 e. The van der Waals surface area contributed by atoms with Crippen LogP contribution in [0.15, 0.2) is 17.5 Å². The van der Waals surface area contributed by atoms with Crippen LogP contribution in [0.25, 0.3) is 6.08 Å². The van der Waals surface area contributed by atoms with Gasteiger partial charge in [-0.05, 0) is 54.9 Å². The van der Waals surface area contributed by atoms with Crippen LogP contribution in [-0.4, -0.2) is 35.0 Å². The molecule has 1 amide bonds. The fraction of sp³-hybridized carbons (Fsp3) is 0.467. The van der Waals surface area contributed by atoms with Crippen LogP contribution in [0, 0.1) is 5.92 Å². The second-order valence-corrected chi connectivity index (χ2v) is 6.40. The van der Waals surface area contributed by atoms with E-state index in [9.17, 15) is 9.59 Å². The highest BCUT2D eigenvalue weighted by atomic mass is 32.1. The number of nitrogens with two attached hydrogens (primary N) is 1. The topological polar surface area (TPSA) is 83.6 Å². The zero-order valence-electron chi connectivity index (χ0n) is 11.8. The van der Waals surface area contributed by atoms with Crippen LogP contribution < -0.4 is 5.73 Å². The van der Waals surface area contributed by atoms with Crippen LogP contribution in [-0.2, 0) is 16.1 Å². The van der Waals surface area contributed by atoms with Gasteiger partial charge >= 0.3 is 5.97 Å². The van der Waals surface area contributed by atoms with Crippen molar-refractivity contribution in [3.05, 3.63) is 28.0 Å². The third-order valence-electron chi connectivity index (χ3n) is 3.67. The van der Waals surface area contributed by atoms with Gasteiger partial charge in [0.1, 0.15) is 0 Å². The van der Waals surface area contributed by atoms with Crippen LogP contribution in [0.2, 0.25) is 0 Å². The molecule has 1 aromatic heterocycles. The first-order valence-electron chi connectivity index (χ1n) is 7.02. The van der Waals surface area contributed by atoms with Crippen LogP contribution >= 0.6 is 11.3 Å². The Morgan fingerprint density at radius 1 is 1.43 bits per heavy atom. The van der Waals surface area contributed by atoms with Crippen molar-refractivity contribution in [2.45, 2.75) is 25.8 Å². The molecule has 2 rings (SSSR count). The zero-order chi connectivity index (χ0) is 15.2. The van der Waals surface area contributed by atoms with Crippen LogP contribution in [0.1, 0.15) is 29.7 Å². The molecule has 114 valence electrons. The Labute approximate surface area is 128 Å². The number of primary amides is 1. The summed E-state index contributed by atoms with van der Waals surface area (Å²) >= 11 is 1.65. The van der Waals surface area contributed by atoms with E-state index in [1.807, 2.05) is 11.4 Å². The number of carboxylic acid groups (broad SMARTS) is 1. The average molecular weight is 308 g/mol. The van der Waals surface area contributed by atoms with E-state index in [-0.39, 0.29) is 5.91 Å². The lowest BCUT2D eigenvalue weighted by atomic mass is 9.93. The van der Waals surface area contributed by atoms with E-state index in [4.69, 9.17) is 10.8 Å². The molecule has 1 aromatic rings. The number of thiophene rings is 1. The number of piperidine rings is 1. The first-order chi connectivity index (χ1) is 10.0. The van der Waals surface area contributed by atoms with Crippen LogP contribution in [0.5, 0.6) is 0 Å². The van der Waals surface area contributed by atoms with E-state index in [0.717, 1.165) is 44.1 Å². The Balaban J connectivity index is 1.81. The van der Waals surface area contributed by atoms with Gasteiger partial charge in [0.2, 0.25) is 5.91 Å². The highest BCUT2D eigenvalue weighted by Gasteiger charge is 2.20. The molecule has 1 aliphatic heterocycles. The molecule has 2 heterocycles. The predicted molar refractivity (Wildman–Crippen MR) is 82.8 cm³/mol. The minimum Gasteiger partial charge on any atom is -0.478 e. The van der Waals surface area contributed by atoms with E-state index in [2.05, 4.69) is 4.90 Å². The van der Waals surface area contributed by atoms with Gasteiger partial charge in [0.25, 0.3) is 0 Å². The first kappa shape index (κ1) is 15.7. The SMILES string of the molecule is NC(=O)CC1CCN(Cc2cc(C=CC(=O)O)cs2)CC1. The Hall–Kier alpha value is -1.66. The van der Waals surface area contributed by atoms with Gasteiger partial charge in [-0.1, -0.05) is 0 Å². The number of likely N-dealkylation sites (tertiary alicyclic amines) is 1. The van der Waals surface area contributed by atoms with Crippen molar-refractivity contribution >= 4 is 29.3 Å². The molecule has 0 bridgehead atoms. The summed E-state index contributed by atoms with van der Waals surface area (Å²) in [6.45, 7) is 2.85. The smallest absolute Gasteiger partial charge is 0.328 e. The standard InChI is InChI=1S/C15H20N2O3S/c16-14(18)8-11-3-5-17(6-4-11)9-13-7-12(10-21-13)1-2-15(19)20/h1-2,7,10-11H,3-6,8-9H2,(H2,16,18)(H,19,20). The molecule has 6 heteroatoms. The fourth-order valence-corrected chi connectivity index (χ4v) is 3.48. The number of aliphatic carboxylic acids is 1. The molecular weight excluding hydrogens is 288 g/mol. The Kier molecular flexibility index (Phi) is 5.52. The lowest BCUT2D eigenvalue weighted by molar-refractivity contribution is -0.131. The molecule has 0 unspecified atom stereocenters. The van der Waals surface area contributed by atoms with Crippen molar-refractivity contribution in [2.24, 2.45) is 11.7 Å². The molecule has 0 aromatic carbocycles. The van der Waals surface area contributed by atoms with Gasteiger partial charge in [-0.25, -0.2) is 4.79 Å². The molecule has 5 nitrogen and oxygen atoms in total. The molecule has 0 saturated carbocycles. The van der Waals surface area contributed by atoms with Crippen molar-refractivity contribution in [3.8, 4) is 0 Å². The average Bonchev–Trinajstić information content (AvgIpc) is 2.86. The molecular formula is C15H20N2O3S. The van der Waals surface area contributed by atoms with Crippen molar-refractivity contribution in [3.63, 3.8) is 0 Å². The monoisotopic (exact) mass is 308 g/mol. The summed E-state index contributed by atoms with van der Waals surface area (Å²) in [5.74, 6) is -0.711. The van der Waals surface area contributed by atoms with Gasteiger partial charge in [-0.2, -0.15) is 0 Å². The molecule has 0 atom stereocenters. The van der Waals surface area contributed by atoms with E-state index < -0.39 is 5.97 Å². The number of carboxylic acids is 1. The summed E-state index contributed by atoms with van der Waals surface area (Å²) in [4.78, 5) is 25.0. The van der Waals surface area contributed by atoms with E-state index >= 15 is 0 Å². The lowest BCUT2D eigenvalue weighted by Crippen LogP contribution is -2.34. The number of carbonyl (C=O) groups excluding carboxylic acids is 1. The fourth-order valence-electron chi connectivity index (χ4n) is 2.59. The third-order valence-corrected chi connectivity index (χ3v) is 4.61. The number of rotatable bonds is 6. The summed E-state index contributed by atoms with van der Waals surface area (Å²) in [5, 5.41) is 10.6. The maximum atomic E-state index is 10.9. The Morgan fingerprint density at radius 3 is 2.76 bits per heavy atom. The van der Waals surface area contributed by atoms with E-state index in [1.165, 1.54) is 4.88 Å². The minimum atomic E-state index is -0.931. The Morgan fingerprint density at radius 2 is 2.14 bits per heavy atom. The largest absolute Gasteiger partial charge is 0.478 e. The van der Waals surface area contributed by atoms with Gasteiger partial charge in [-0.15, -0.1) is 11.3 Å². The summed E-state index contributed by atoms with van der Waals surface area (Å²) in [6.07, 6.45) is 5.29. The summed E-state index contributed by atoms with van der Waals surface area (Å²) < 4.78 is 0. The van der Waals surface area contributed by atoms with Crippen molar-refractivity contribution < 1.29 is 14.7 Å². The maximum absolute atomic E-state index is 10.9. The summed E-state index contributed by atoms with van der Waals surface area (Å²) in [6, 6.07) is 2.03. The quantitative estimate of drug-likeness (QED) is 0.787. The van der Waals surface area contributed by atoms with Crippen molar-refractivity contribution in [1.29, 1.82) is 0 Å². The second kappa shape index (κ2) is 7.38. The molecule has 0 radical (unpaired) electrons. The number of hydrogen-bond donors (Lipinski definition) is 2. The zero-order valence-corrected chi connectivity index (χ0v) is 12.6. The van der Waals surface area contributed by atoms with Gasteiger partial charge in [0.15, 0.2) is 0 Å². The highest BCUT2D eigenvalue weighted by Crippen LogP contribution is 2.24. The minimum absolute atomic E-state index is 0.207. The normalized spacial score (nSPS) is 17.3. The third kappa shape index (κ3) is 5.32. The molecule has 0 aliphatic carbocycles. The second-order valence-electron chi connectivity index (χ2n) is 5.41. The number of nitrogens with zero attached hydrogens (tertiary/aromatic N) is 1. The van der Waals surface area contributed by atoms with E-state index in [0.29, 0.717) is 12.3 Å². The van der Waals surface area contributed by atoms with Gasteiger partial charge in [0.05, 0.1) is 0 Å². The van der Waals surface area contributed by atoms with Gasteiger partial charge < -0.3 is 10.8 Å². The van der Waals surface area contributed by atoms with Gasteiger partial charge in [-0.3, -0.25) is 9.69 Å². The van der Waals surface area contributed by atoms with Crippen molar-refractivity contribution in [1.82, 2.24) is 4.90 Å². The number of hydrogen-bond acceptors (Lipinski definition) is 4. The van der Waals surface area contributed by atoms with Crippen LogP contribution in [0.3, 0.4) is 0 Å². The Bertz CT molecular complexity index is 531. The molecule has 0 spiro atoms. The molecule has 1 saturated heterocycles. The summed E-state index contributed by atoms with van der Waals surface area (Å²) in [7, 11) is 0. The lowest BCUT2D eigenvalue weighted by Gasteiger charge is -2.31. The number of amides is 1. The van der Waals surface area contributed by atoms with Gasteiger partial charge in [0, 0.05) is 23.9 Å². The molecule has 3 N–H and O–H groups in total. The number of carbonyl (C=O) groups is 2. The predicted octanol–water partition coefficient (Wildman–Crippen LogP) is 1.93. The van der Waals surface area contributed by atoms with Crippen molar-refractivity contribution in [2.75, 3.05) is 13.1 Å².